The van der Waals surface area contributed by atoms with Crippen LogP contribution in [0.2, 0.25) is 0 Å². The summed E-state index contributed by atoms with van der Waals surface area (Å²) >= 11 is 0. The Hall–Kier alpha value is -5.97. The molecule has 0 unspecified atom stereocenters. The van der Waals surface area contributed by atoms with E-state index in [2.05, 4.69) is 159 Å². The Kier molecular flexibility index (Phi) is 9.85. The van der Waals surface area contributed by atoms with Gasteiger partial charge in [-0.2, -0.15) is 18.2 Å². The number of hydrogen-bond donors (Lipinski definition) is 0. The summed E-state index contributed by atoms with van der Waals surface area (Å²) in [7, 11) is 0. The number of ether oxygens (including phenoxy) is 1. The molecule has 0 aliphatic rings. The van der Waals surface area contributed by atoms with E-state index in [4.69, 9.17) is 9.72 Å². The minimum atomic E-state index is 0. The number of para-hydroxylation sites is 2. The summed E-state index contributed by atoms with van der Waals surface area (Å²) in [6.07, 6.45) is 11.4. The van der Waals surface area contributed by atoms with Crippen molar-refractivity contribution in [3.8, 4) is 45.6 Å². The van der Waals surface area contributed by atoms with Crippen molar-refractivity contribution in [1.82, 2.24) is 18.7 Å². The third-order valence-electron chi connectivity index (χ3n) is 10.0. The zero-order valence-electron chi connectivity index (χ0n) is 31.0. The number of hydrogen-bond acceptors (Lipinski definition) is 2. The van der Waals surface area contributed by atoms with Crippen LogP contribution >= 0.6 is 0 Å². The normalized spacial score (nSPS) is 11.5. The fourth-order valence-electron chi connectivity index (χ4n) is 7.38. The van der Waals surface area contributed by atoms with E-state index < -0.39 is 0 Å². The fourth-order valence-corrected chi connectivity index (χ4v) is 7.38. The number of imidazole rings is 2. The summed E-state index contributed by atoms with van der Waals surface area (Å²) in [5.74, 6) is 2.66. The summed E-state index contributed by atoms with van der Waals surface area (Å²) in [6.45, 7) is 9.00. The molecule has 3 aromatic heterocycles. The molecule has 0 saturated heterocycles. The first-order valence-corrected chi connectivity index (χ1v) is 18.4. The summed E-state index contributed by atoms with van der Waals surface area (Å²) in [4.78, 5) is 4.99. The molecule has 274 valence electrons. The zero-order chi connectivity index (χ0) is 36.8. The van der Waals surface area contributed by atoms with Gasteiger partial charge in [0.25, 0.3) is 6.33 Å². The molecule has 9 rings (SSSR count). The molecule has 0 saturated carbocycles. The number of rotatable bonds is 9. The first-order valence-electron chi connectivity index (χ1n) is 18.4. The van der Waals surface area contributed by atoms with Gasteiger partial charge in [0.1, 0.15) is 0 Å². The van der Waals surface area contributed by atoms with Crippen LogP contribution in [0.4, 0.5) is 0 Å². The molecule has 0 bridgehead atoms. The van der Waals surface area contributed by atoms with Gasteiger partial charge in [-0.25, -0.2) is 4.98 Å². The first-order chi connectivity index (χ1) is 26.4. The maximum Gasteiger partial charge on any atom is 0.267 e. The maximum absolute atomic E-state index is 6.50. The second-order valence-electron chi connectivity index (χ2n) is 14.2. The van der Waals surface area contributed by atoms with Crippen molar-refractivity contribution < 1.29 is 30.4 Å². The Labute approximate surface area is 336 Å². The van der Waals surface area contributed by atoms with Gasteiger partial charge in [0.2, 0.25) is 5.95 Å². The van der Waals surface area contributed by atoms with Crippen LogP contribution in [0.15, 0.2) is 152 Å². The van der Waals surface area contributed by atoms with Gasteiger partial charge in [0.15, 0.2) is 0 Å². The van der Waals surface area contributed by atoms with Gasteiger partial charge in [0, 0.05) is 62.9 Å². The predicted octanol–water partition coefficient (Wildman–Crippen LogP) is 11.1. The number of nitrogens with zero attached hydrogens (tertiary/aromatic N) is 5. The van der Waals surface area contributed by atoms with Crippen LogP contribution < -0.4 is 9.30 Å². The van der Waals surface area contributed by atoms with Gasteiger partial charge in [-0.15, -0.1) is 29.7 Å². The molecule has 7 heteroatoms. The molecule has 0 spiro atoms. The summed E-state index contributed by atoms with van der Waals surface area (Å²) in [5, 5.41) is 2.21. The molecule has 0 atom stereocenters. The summed E-state index contributed by atoms with van der Waals surface area (Å²) in [5.41, 5.74) is 9.87. The van der Waals surface area contributed by atoms with Gasteiger partial charge in [-0.1, -0.05) is 112 Å². The van der Waals surface area contributed by atoms with Crippen molar-refractivity contribution in [1.29, 1.82) is 0 Å². The van der Waals surface area contributed by atoms with Crippen LogP contribution in [0.5, 0.6) is 11.5 Å². The van der Waals surface area contributed by atoms with Gasteiger partial charge >= 0.3 is 0 Å². The van der Waals surface area contributed by atoms with Gasteiger partial charge in [-0.3, -0.25) is 9.13 Å². The molecular weight excluding hydrogens is 858 g/mol. The Morgan fingerprint density at radius 2 is 1.36 bits per heavy atom. The van der Waals surface area contributed by atoms with E-state index in [1.807, 2.05) is 58.1 Å². The van der Waals surface area contributed by atoms with Crippen molar-refractivity contribution in [3.63, 3.8) is 0 Å². The van der Waals surface area contributed by atoms with Crippen LogP contribution in [0.3, 0.4) is 0 Å². The van der Waals surface area contributed by atoms with Crippen molar-refractivity contribution in [2.75, 3.05) is 0 Å². The maximum atomic E-state index is 6.50. The minimum Gasteiger partial charge on any atom is -0.510 e. The topological polar surface area (TPSA) is 40.8 Å². The summed E-state index contributed by atoms with van der Waals surface area (Å²) in [6, 6.07) is 51.0. The van der Waals surface area contributed by atoms with Gasteiger partial charge in [0.05, 0.1) is 11.4 Å². The van der Waals surface area contributed by atoms with Crippen molar-refractivity contribution in [2.45, 2.75) is 39.5 Å². The Morgan fingerprint density at radius 1 is 0.655 bits per heavy atom. The SMILES string of the molecule is CC(C)c1cccc(C(C)C)c1-n1ccnc1-n1c2[c-]c(Oc3[c-]c(-n4[c-][n+](-c5cccc(-c6ccccc6)c5)cc4)ccc3)ccc2c2ccccc21.[Pt]. The largest absolute Gasteiger partial charge is 0.510 e. The second-order valence-corrected chi connectivity index (χ2v) is 14.2. The molecule has 6 aromatic carbocycles. The van der Waals surface area contributed by atoms with E-state index in [-0.39, 0.29) is 21.1 Å². The standard InChI is InChI=1S/C48H39N5O.Pt/c1-33(2)41-20-12-21-42(34(3)4)47(41)52-26-25-49-48(52)53-45-22-9-8-19-43(45)44-24-23-40(31-46(44)53)54-39-18-11-17-38(30-39)51-28-27-50(32-51)37-16-10-15-36(29-37)35-13-6-5-7-14-35;/h5-29,33-34H,1-4H3;/q-2;. The smallest absolute Gasteiger partial charge is 0.267 e. The summed E-state index contributed by atoms with van der Waals surface area (Å²) < 4.78 is 14.9. The number of fused-ring (bicyclic) bond motifs is 3. The quantitative estimate of drug-likeness (QED) is 0.107. The molecule has 0 aliphatic heterocycles. The van der Waals surface area contributed by atoms with E-state index >= 15 is 0 Å². The molecule has 6 nitrogen and oxygen atoms in total. The molecule has 3 heterocycles. The van der Waals surface area contributed by atoms with Gasteiger partial charge in [-0.05, 0) is 63.4 Å². The van der Waals surface area contributed by atoms with Crippen LogP contribution in [-0.4, -0.2) is 18.7 Å². The molecule has 9 aromatic rings. The Balaban J connectivity index is 0.00000427. The van der Waals surface area contributed by atoms with Crippen molar-refractivity contribution >= 4 is 21.8 Å². The Morgan fingerprint density at radius 3 is 2.16 bits per heavy atom. The molecular formula is C48H39N5OPt-2. The average molecular weight is 897 g/mol. The van der Waals surface area contributed by atoms with E-state index in [1.165, 1.54) is 22.4 Å². The first kappa shape index (κ1) is 36.0. The van der Waals surface area contributed by atoms with E-state index in [0.717, 1.165) is 44.7 Å². The second kappa shape index (κ2) is 15.0. The predicted molar refractivity (Wildman–Crippen MR) is 215 cm³/mol. The zero-order valence-corrected chi connectivity index (χ0v) is 33.3. The average Bonchev–Trinajstić information content (AvgIpc) is 3.96. The van der Waals surface area contributed by atoms with E-state index in [9.17, 15) is 0 Å². The molecule has 0 amide bonds. The molecule has 55 heavy (non-hydrogen) atoms. The number of benzene rings is 6. The van der Waals surface area contributed by atoms with Gasteiger partial charge < -0.3 is 13.9 Å². The third kappa shape index (κ3) is 6.72. The van der Waals surface area contributed by atoms with Crippen LogP contribution in [0.25, 0.3) is 55.9 Å². The van der Waals surface area contributed by atoms with Crippen LogP contribution in [0.1, 0.15) is 50.7 Å². The monoisotopic (exact) mass is 896 g/mol. The Bertz CT molecular complexity index is 2750. The fraction of sp³-hybridized carbons (Fsp3) is 0.125. The third-order valence-corrected chi connectivity index (χ3v) is 10.0. The van der Waals surface area contributed by atoms with Crippen molar-refractivity contribution in [3.05, 3.63) is 182 Å². The van der Waals surface area contributed by atoms with Crippen LogP contribution in [0, 0.1) is 18.5 Å². The molecule has 0 radical (unpaired) electrons. The van der Waals surface area contributed by atoms with E-state index in [0.29, 0.717) is 23.3 Å². The van der Waals surface area contributed by atoms with Crippen molar-refractivity contribution in [2.24, 2.45) is 0 Å². The molecule has 0 fully saturated rings. The van der Waals surface area contributed by atoms with Crippen LogP contribution in [-0.2, 0) is 21.1 Å². The van der Waals surface area contributed by atoms with E-state index in [1.54, 1.807) is 0 Å². The number of aromatic nitrogens is 5. The minimum absolute atomic E-state index is 0. The molecule has 0 N–H and O–H groups in total. The molecule has 0 aliphatic carbocycles.